The summed E-state index contributed by atoms with van der Waals surface area (Å²) in [6, 6.07) is 16.6. The molecule has 0 spiro atoms. The van der Waals surface area contributed by atoms with Crippen LogP contribution in [0.5, 0.6) is 5.75 Å². The first kappa shape index (κ1) is 18.0. The fourth-order valence-electron chi connectivity index (χ4n) is 2.32. The number of benzene rings is 2. The van der Waals surface area contributed by atoms with Gasteiger partial charge in [0.05, 0.1) is 12.2 Å². The van der Waals surface area contributed by atoms with Crippen LogP contribution in [0.3, 0.4) is 0 Å². The maximum Gasteiger partial charge on any atom is 0.335 e. The highest BCUT2D eigenvalue weighted by atomic mass is 32.2. The maximum atomic E-state index is 10.8. The topological polar surface area (TPSA) is 88.1 Å². The van der Waals surface area contributed by atoms with Gasteiger partial charge in [-0.1, -0.05) is 42.1 Å². The number of ether oxygens (including phenoxy) is 1. The van der Waals surface area contributed by atoms with Gasteiger partial charge in [0.1, 0.15) is 11.6 Å². The molecule has 134 valence electrons. The summed E-state index contributed by atoms with van der Waals surface area (Å²) in [5.41, 5.74) is 1.45. The fourth-order valence-corrected chi connectivity index (χ4v) is 3.05. The summed E-state index contributed by atoms with van der Waals surface area (Å²) in [6.45, 7) is 0.556. The second-order valence-corrected chi connectivity index (χ2v) is 6.67. The molecule has 0 aliphatic heterocycles. The minimum atomic E-state index is -0.939. The van der Waals surface area contributed by atoms with Gasteiger partial charge in [-0.05, 0) is 36.2 Å². The number of hydrogen-bond acceptors (Lipinski definition) is 5. The third-order valence-corrected chi connectivity index (χ3v) is 4.55. The van der Waals surface area contributed by atoms with Crippen LogP contribution >= 0.6 is 11.8 Å². The molecule has 3 rings (SSSR count). The maximum absolute atomic E-state index is 10.8. The zero-order valence-corrected chi connectivity index (χ0v) is 14.9. The zero-order valence-electron chi connectivity index (χ0n) is 14.1. The Hall–Kier alpha value is -2.80. The van der Waals surface area contributed by atoms with Crippen LogP contribution in [0.4, 0.5) is 0 Å². The van der Waals surface area contributed by atoms with Crippen LogP contribution in [0.1, 0.15) is 28.2 Å². The van der Waals surface area contributed by atoms with E-state index in [9.17, 15) is 4.79 Å². The predicted octanol–water partition coefficient (Wildman–Crippen LogP) is 3.65. The van der Waals surface area contributed by atoms with Crippen molar-refractivity contribution in [1.82, 2.24) is 15.2 Å². The highest BCUT2D eigenvalue weighted by Crippen LogP contribution is 2.16. The van der Waals surface area contributed by atoms with Crippen molar-refractivity contribution in [3.05, 3.63) is 71.5 Å². The standard InChI is InChI=1S/C19H19N3O3S/c23-18(24)15-7-9-16(10-8-15)25-11-4-12-26-19-20-17(21-22-19)13-14-5-2-1-3-6-14/h1-3,5-10H,4,11-13H2,(H,23,24)(H,20,21,22). The summed E-state index contributed by atoms with van der Waals surface area (Å²) in [5, 5.41) is 16.8. The first-order chi connectivity index (χ1) is 12.7. The molecule has 2 N–H and O–H groups in total. The molecule has 0 fully saturated rings. The first-order valence-corrected chi connectivity index (χ1v) is 9.23. The minimum absolute atomic E-state index is 0.254. The molecule has 0 amide bonds. The van der Waals surface area contributed by atoms with Crippen molar-refractivity contribution in [2.75, 3.05) is 12.4 Å². The quantitative estimate of drug-likeness (QED) is 0.442. The molecule has 0 saturated heterocycles. The highest BCUT2D eigenvalue weighted by Gasteiger charge is 2.05. The first-order valence-electron chi connectivity index (χ1n) is 8.25. The Labute approximate surface area is 155 Å². The second kappa shape index (κ2) is 9.05. The van der Waals surface area contributed by atoms with Crippen LogP contribution in [0.2, 0.25) is 0 Å². The van der Waals surface area contributed by atoms with Crippen molar-refractivity contribution in [2.24, 2.45) is 0 Å². The molecule has 0 radical (unpaired) electrons. The van der Waals surface area contributed by atoms with Gasteiger partial charge < -0.3 is 9.84 Å². The van der Waals surface area contributed by atoms with Crippen LogP contribution in [0.15, 0.2) is 59.8 Å². The fraction of sp³-hybridized carbons (Fsp3) is 0.211. The largest absolute Gasteiger partial charge is 0.494 e. The Bertz CT molecular complexity index is 835. The molecule has 0 saturated carbocycles. The average Bonchev–Trinajstić information content (AvgIpc) is 3.10. The van der Waals surface area contributed by atoms with Gasteiger partial charge in [-0.25, -0.2) is 9.78 Å². The molecule has 6 nitrogen and oxygen atoms in total. The Balaban J connectivity index is 1.37. The number of carboxylic acids is 1. The van der Waals surface area contributed by atoms with E-state index in [2.05, 4.69) is 27.3 Å². The second-order valence-electron chi connectivity index (χ2n) is 5.61. The lowest BCUT2D eigenvalue weighted by molar-refractivity contribution is 0.0697. The molecule has 0 aliphatic carbocycles. The lowest BCUT2D eigenvalue weighted by atomic mass is 10.1. The number of aromatic carboxylic acids is 1. The number of carbonyl (C=O) groups is 1. The summed E-state index contributed by atoms with van der Waals surface area (Å²) in [5.74, 6) is 1.43. The highest BCUT2D eigenvalue weighted by molar-refractivity contribution is 7.99. The van der Waals surface area contributed by atoms with E-state index >= 15 is 0 Å². The normalized spacial score (nSPS) is 10.6. The van der Waals surface area contributed by atoms with Crippen molar-refractivity contribution in [2.45, 2.75) is 18.0 Å². The molecule has 0 bridgehead atoms. The lowest BCUT2D eigenvalue weighted by Gasteiger charge is -2.05. The molecular weight excluding hydrogens is 350 g/mol. The summed E-state index contributed by atoms with van der Waals surface area (Å²) >= 11 is 1.58. The van der Waals surface area contributed by atoms with E-state index < -0.39 is 5.97 Å². The average molecular weight is 369 g/mol. The predicted molar refractivity (Wildman–Crippen MR) is 99.9 cm³/mol. The van der Waals surface area contributed by atoms with Gasteiger partial charge in [0.2, 0.25) is 5.16 Å². The molecule has 0 atom stereocenters. The van der Waals surface area contributed by atoms with Crippen LogP contribution < -0.4 is 4.74 Å². The molecule has 2 aromatic carbocycles. The van der Waals surface area contributed by atoms with Crippen LogP contribution in [0, 0.1) is 0 Å². The van der Waals surface area contributed by atoms with Gasteiger partial charge in [-0.2, -0.15) is 0 Å². The van der Waals surface area contributed by atoms with E-state index in [1.807, 2.05) is 18.2 Å². The van der Waals surface area contributed by atoms with Crippen LogP contribution in [-0.2, 0) is 6.42 Å². The summed E-state index contributed by atoms with van der Waals surface area (Å²) < 4.78 is 5.61. The van der Waals surface area contributed by atoms with Crippen molar-refractivity contribution in [1.29, 1.82) is 0 Å². The molecule has 1 aromatic heterocycles. The number of nitrogens with zero attached hydrogens (tertiary/aromatic N) is 2. The molecular formula is C19H19N3O3S. The molecule has 26 heavy (non-hydrogen) atoms. The Morgan fingerprint density at radius 2 is 1.88 bits per heavy atom. The molecule has 0 aliphatic rings. The third kappa shape index (κ3) is 5.35. The SMILES string of the molecule is O=C(O)c1ccc(OCCCSc2n[nH]c(Cc3ccccc3)n2)cc1. The van der Waals surface area contributed by atoms with E-state index in [4.69, 9.17) is 9.84 Å². The van der Waals surface area contributed by atoms with Gasteiger partial charge >= 0.3 is 5.97 Å². The summed E-state index contributed by atoms with van der Waals surface area (Å²) in [7, 11) is 0. The molecule has 0 unspecified atom stereocenters. The van der Waals surface area contributed by atoms with Crippen molar-refractivity contribution in [3.8, 4) is 5.75 Å². The van der Waals surface area contributed by atoms with Gasteiger partial charge in [0.15, 0.2) is 0 Å². The number of carboxylic acid groups (broad SMARTS) is 1. The van der Waals surface area contributed by atoms with Crippen LogP contribution in [-0.4, -0.2) is 38.6 Å². The van der Waals surface area contributed by atoms with E-state index in [-0.39, 0.29) is 5.56 Å². The third-order valence-electron chi connectivity index (χ3n) is 3.62. The number of hydrogen-bond donors (Lipinski definition) is 2. The van der Waals surface area contributed by atoms with Gasteiger partial charge in [0, 0.05) is 12.2 Å². The molecule has 1 heterocycles. The Morgan fingerprint density at radius 3 is 2.62 bits per heavy atom. The number of nitrogens with one attached hydrogen (secondary N) is 1. The number of H-pyrrole nitrogens is 1. The number of aromatic amines is 1. The van der Waals surface area contributed by atoms with E-state index in [1.54, 1.807) is 23.9 Å². The summed E-state index contributed by atoms with van der Waals surface area (Å²) in [4.78, 5) is 15.3. The van der Waals surface area contributed by atoms with E-state index in [0.29, 0.717) is 12.4 Å². The van der Waals surface area contributed by atoms with Crippen molar-refractivity contribution in [3.63, 3.8) is 0 Å². The van der Waals surface area contributed by atoms with Crippen LogP contribution in [0.25, 0.3) is 0 Å². The number of thioether (sulfide) groups is 1. The zero-order chi connectivity index (χ0) is 18.2. The Morgan fingerprint density at radius 1 is 1.12 bits per heavy atom. The van der Waals surface area contributed by atoms with E-state index in [1.165, 1.54) is 17.7 Å². The number of aromatic nitrogens is 3. The molecule has 3 aromatic rings. The van der Waals surface area contributed by atoms with Gasteiger partial charge in [-0.15, -0.1) is 5.10 Å². The van der Waals surface area contributed by atoms with Crippen molar-refractivity contribution < 1.29 is 14.6 Å². The summed E-state index contributed by atoms with van der Waals surface area (Å²) in [6.07, 6.45) is 1.58. The lowest BCUT2D eigenvalue weighted by Crippen LogP contribution is -2.00. The van der Waals surface area contributed by atoms with Gasteiger partial charge in [0.25, 0.3) is 0 Å². The monoisotopic (exact) mass is 369 g/mol. The minimum Gasteiger partial charge on any atom is -0.494 e. The smallest absolute Gasteiger partial charge is 0.335 e. The van der Waals surface area contributed by atoms with Gasteiger partial charge in [-0.3, -0.25) is 5.10 Å². The van der Waals surface area contributed by atoms with E-state index in [0.717, 1.165) is 29.6 Å². The van der Waals surface area contributed by atoms with Crippen molar-refractivity contribution >= 4 is 17.7 Å². The molecule has 7 heteroatoms. The number of rotatable bonds is 9. The Kier molecular flexibility index (Phi) is 6.27.